The summed E-state index contributed by atoms with van der Waals surface area (Å²) in [5.74, 6) is -1.68. The molecule has 7 heteroatoms. The minimum absolute atomic E-state index is 0.0324. The van der Waals surface area contributed by atoms with Gasteiger partial charge in [-0.2, -0.15) is 0 Å². The smallest absolute Gasteiger partial charge is 0.293 e. The minimum atomic E-state index is -1.32. The van der Waals surface area contributed by atoms with Gasteiger partial charge in [-0.05, 0) is 43.7 Å². The molecule has 1 amide bonds. The van der Waals surface area contributed by atoms with Crippen LogP contribution in [0.3, 0.4) is 0 Å². The maximum absolute atomic E-state index is 13.5. The van der Waals surface area contributed by atoms with Crippen LogP contribution < -0.4 is 9.80 Å². The van der Waals surface area contributed by atoms with Crippen molar-refractivity contribution in [2.45, 2.75) is 25.2 Å². The second kappa shape index (κ2) is 7.65. The van der Waals surface area contributed by atoms with E-state index in [9.17, 15) is 9.18 Å². The number of fused-ring (bicyclic) bond motifs is 2. The molecule has 6 nitrogen and oxygen atoms in total. The molecule has 1 spiro atoms. The van der Waals surface area contributed by atoms with E-state index in [2.05, 4.69) is 9.80 Å². The summed E-state index contributed by atoms with van der Waals surface area (Å²) in [6, 6.07) is 14.4. The standard InChI is InChI=1S/C23H26FN3O3/c1-17-10-15-29-23(30-17)20-4-2-3-5-21(20)27(22(23)28)16-25-11-13-26(14-12-25)19-8-6-18(24)7-9-19/h2-9,17H,10-16H2,1H3. The molecule has 30 heavy (non-hydrogen) atoms. The van der Waals surface area contributed by atoms with Gasteiger partial charge < -0.3 is 14.4 Å². The third-order valence-electron chi connectivity index (χ3n) is 6.18. The number of amides is 1. The molecule has 3 heterocycles. The Bertz CT molecular complexity index is 930. The number of anilines is 2. The average Bonchev–Trinajstić information content (AvgIpc) is 2.98. The van der Waals surface area contributed by atoms with Crippen molar-refractivity contribution in [3.05, 3.63) is 59.9 Å². The number of carbonyl (C=O) groups excluding carboxylic acids is 1. The monoisotopic (exact) mass is 411 g/mol. The van der Waals surface area contributed by atoms with Gasteiger partial charge in [0.05, 0.1) is 25.1 Å². The number of piperazine rings is 1. The zero-order valence-electron chi connectivity index (χ0n) is 17.1. The first-order valence-electron chi connectivity index (χ1n) is 10.5. The topological polar surface area (TPSA) is 45.3 Å². The molecule has 2 atom stereocenters. The third kappa shape index (κ3) is 3.27. The van der Waals surface area contributed by atoms with Crippen LogP contribution in [0.15, 0.2) is 48.5 Å². The van der Waals surface area contributed by atoms with Crippen LogP contribution in [0, 0.1) is 5.82 Å². The van der Waals surface area contributed by atoms with Gasteiger partial charge in [-0.15, -0.1) is 0 Å². The highest BCUT2D eigenvalue weighted by atomic mass is 19.1. The minimum Gasteiger partial charge on any atom is -0.369 e. The molecular formula is C23H26FN3O3. The Morgan fingerprint density at radius 3 is 2.53 bits per heavy atom. The molecule has 5 rings (SSSR count). The van der Waals surface area contributed by atoms with Crippen LogP contribution in [0.1, 0.15) is 18.9 Å². The van der Waals surface area contributed by atoms with Gasteiger partial charge in [-0.1, -0.05) is 18.2 Å². The third-order valence-corrected chi connectivity index (χ3v) is 6.18. The van der Waals surface area contributed by atoms with Gasteiger partial charge in [-0.25, -0.2) is 4.39 Å². The van der Waals surface area contributed by atoms with Crippen LogP contribution in [-0.2, 0) is 20.1 Å². The number of carbonyl (C=O) groups is 1. The van der Waals surface area contributed by atoms with Crippen molar-refractivity contribution in [1.82, 2.24) is 4.90 Å². The van der Waals surface area contributed by atoms with Crippen molar-refractivity contribution >= 4 is 17.3 Å². The van der Waals surface area contributed by atoms with Crippen LogP contribution in [0.4, 0.5) is 15.8 Å². The van der Waals surface area contributed by atoms with Gasteiger partial charge in [0.2, 0.25) is 0 Å². The molecule has 3 aliphatic rings. The van der Waals surface area contributed by atoms with Gasteiger partial charge in [0.15, 0.2) is 0 Å². The number of hydrogen-bond donors (Lipinski definition) is 0. The van der Waals surface area contributed by atoms with Crippen LogP contribution >= 0.6 is 0 Å². The molecule has 2 aromatic carbocycles. The lowest BCUT2D eigenvalue weighted by molar-refractivity contribution is -0.277. The van der Waals surface area contributed by atoms with E-state index in [-0.39, 0.29) is 17.8 Å². The molecule has 0 bridgehead atoms. The fourth-order valence-corrected chi connectivity index (χ4v) is 4.53. The quantitative estimate of drug-likeness (QED) is 0.777. The SMILES string of the molecule is CC1CCOC2(O1)C(=O)N(CN1CCN(c3ccc(F)cc3)CC1)c1ccccc12. The highest BCUT2D eigenvalue weighted by molar-refractivity contribution is 6.06. The van der Waals surface area contributed by atoms with Crippen LogP contribution in [0.2, 0.25) is 0 Å². The molecule has 0 aliphatic carbocycles. The summed E-state index contributed by atoms with van der Waals surface area (Å²) >= 11 is 0. The Labute approximate surface area is 175 Å². The van der Waals surface area contributed by atoms with E-state index >= 15 is 0 Å². The van der Waals surface area contributed by atoms with Gasteiger partial charge in [0.1, 0.15) is 5.82 Å². The second-order valence-corrected chi connectivity index (χ2v) is 8.16. The van der Waals surface area contributed by atoms with Crippen molar-refractivity contribution in [3.63, 3.8) is 0 Å². The van der Waals surface area contributed by atoms with E-state index in [1.54, 1.807) is 4.90 Å². The highest BCUT2D eigenvalue weighted by Crippen LogP contribution is 2.46. The van der Waals surface area contributed by atoms with E-state index in [0.29, 0.717) is 13.3 Å². The zero-order chi connectivity index (χ0) is 20.7. The first-order chi connectivity index (χ1) is 14.6. The molecule has 2 aromatic rings. The van der Waals surface area contributed by atoms with E-state index in [0.717, 1.165) is 49.5 Å². The summed E-state index contributed by atoms with van der Waals surface area (Å²) in [5, 5.41) is 0. The number of para-hydroxylation sites is 1. The molecule has 0 N–H and O–H groups in total. The normalized spacial score (nSPS) is 27.0. The summed E-state index contributed by atoms with van der Waals surface area (Å²) < 4.78 is 25.3. The van der Waals surface area contributed by atoms with Crippen LogP contribution in [0.25, 0.3) is 0 Å². The number of benzene rings is 2. The lowest BCUT2D eigenvalue weighted by Crippen LogP contribution is -2.54. The maximum Gasteiger partial charge on any atom is 0.293 e. The van der Waals surface area contributed by atoms with Crippen molar-refractivity contribution < 1.29 is 18.7 Å². The number of hydrogen-bond acceptors (Lipinski definition) is 5. The number of nitrogens with zero attached hydrogens (tertiary/aromatic N) is 3. The summed E-state index contributed by atoms with van der Waals surface area (Å²) in [7, 11) is 0. The molecule has 3 aliphatic heterocycles. The molecule has 0 radical (unpaired) electrons. The van der Waals surface area contributed by atoms with Gasteiger partial charge in [0, 0.05) is 37.4 Å². The molecule has 0 aromatic heterocycles. The van der Waals surface area contributed by atoms with Crippen molar-refractivity contribution in [2.75, 3.05) is 49.3 Å². The maximum atomic E-state index is 13.5. The number of ether oxygens (including phenoxy) is 2. The van der Waals surface area contributed by atoms with Crippen LogP contribution in [-0.4, -0.2) is 56.4 Å². The molecular weight excluding hydrogens is 385 g/mol. The lowest BCUT2D eigenvalue weighted by atomic mass is 10.1. The lowest BCUT2D eigenvalue weighted by Gasteiger charge is -2.39. The van der Waals surface area contributed by atoms with E-state index < -0.39 is 5.79 Å². The van der Waals surface area contributed by atoms with Crippen molar-refractivity contribution in [1.29, 1.82) is 0 Å². The summed E-state index contributed by atoms with van der Waals surface area (Å²) in [5.41, 5.74) is 2.68. The fraction of sp³-hybridized carbons (Fsp3) is 0.435. The van der Waals surface area contributed by atoms with E-state index in [1.807, 2.05) is 43.3 Å². The molecule has 2 fully saturated rings. The summed E-state index contributed by atoms with van der Waals surface area (Å²) in [6.45, 7) is 6.26. The number of halogens is 1. The predicted molar refractivity (Wildman–Crippen MR) is 112 cm³/mol. The first kappa shape index (κ1) is 19.5. The Hall–Kier alpha value is -2.48. The highest BCUT2D eigenvalue weighted by Gasteiger charge is 2.56. The van der Waals surface area contributed by atoms with E-state index in [1.165, 1.54) is 12.1 Å². The average molecular weight is 411 g/mol. The summed E-state index contributed by atoms with van der Waals surface area (Å²) in [6.07, 6.45) is 0.748. The summed E-state index contributed by atoms with van der Waals surface area (Å²) in [4.78, 5) is 19.8. The van der Waals surface area contributed by atoms with E-state index in [4.69, 9.17) is 9.47 Å². The molecule has 0 saturated carbocycles. The Morgan fingerprint density at radius 2 is 1.80 bits per heavy atom. The van der Waals surface area contributed by atoms with Crippen molar-refractivity contribution in [2.24, 2.45) is 0 Å². The molecule has 158 valence electrons. The zero-order valence-corrected chi connectivity index (χ0v) is 17.1. The van der Waals surface area contributed by atoms with Crippen LogP contribution in [0.5, 0.6) is 0 Å². The Kier molecular flexibility index (Phi) is 4.97. The van der Waals surface area contributed by atoms with Crippen molar-refractivity contribution in [3.8, 4) is 0 Å². The van der Waals surface area contributed by atoms with Gasteiger partial charge in [-0.3, -0.25) is 14.6 Å². The van der Waals surface area contributed by atoms with Gasteiger partial charge in [0.25, 0.3) is 11.7 Å². The second-order valence-electron chi connectivity index (χ2n) is 8.16. The molecule has 2 saturated heterocycles. The largest absolute Gasteiger partial charge is 0.369 e. The first-order valence-corrected chi connectivity index (χ1v) is 10.5. The fourth-order valence-electron chi connectivity index (χ4n) is 4.53. The number of rotatable bonds is 3. The molecule has 2 unspecified atom stereocenters. The Morgan fingerprint density at radius 1 is 1.07 bits per heavy atom. The predicted octanol–water partition coefficient (Wildman–Crippen LogP) is 2.93. The Balaban J connectivity index is 1.31. The van der Waals surface area contributed by atoms with Gasteiger partial charge >= 0.3 is 0 Å².